The van der Waals surface area contributed by atoms with Gasteiger partial charge >= 0.3 is 0 Å². The lowest BCUT2D eigenvalue weighted by Crippen LogP contribution is -2.19. The summed E-state index contributed by atoms with van der Waals surface area (Å²) in [6.07, 6.45) is 2.52. The van der Waals surface area contributed by atoms with Crippen molar-refractivity contribution in [1.29, 1.82) is 0 Å². The number of benzene rings is 1. The molecule has 1 unspecified atom stereocenters. The van der Waals surface area contributed by atoms with Crippen molar-refractivity contribution in [2.75, 3.05) is 7.11 Å². The predicted molar refractivity (Wildman–Crippen MR) is 79.2 cm³/mol. The maximum Gasteiger partial charge on any atom is 0.161 e. The quantitative estimate of drug-likeness (QED) is 0.908. The molecule has 6 heteroatoms. The predicted octanol–water partition coefficient (Wildman–Crippen LogP) is 3.25. The Kier molecular flexibility index (Phi) is 4.77. The van der Waals surface area contributed by atoms with E-state index in [2.05, 4.69) is 21.0 Å². The van der Waals surface area contributed by atoms with Crippen LogP contribution in [0, 0.1) is 5.82 Å². The Labute approximate surface area is 125 Å². The second kappa shape index (κ2) is 6.37. The van der Waals surface area contributed by atoms with Crippen molar-refractivity contribution in [2.45, 2.75) is 25.9 Å². The molecule has 0 aliphatic heterocycles. The first kappa shape index (κ1) is 15.0. The number of nitrogens with zero attached hydrogens (tertiary/aromatic N) is 2. The van der Waals surface area contributed by atoms with E-state index in [1.165, 1.54) is 0 Å². The highest BCUT2D eigenvalue weighted by molar-refractivity contribution is 9.10. The minimum absolute atomic E-state index is 0.355. The highest BCUT2D eigenvalue weighted by atomic mass is 79.9. The molecule has 0 aliphatic carbocycles. The minimum Gasteiger partial charge on any atom is -0.493 e. The van der Waals surface area contributed by atoms with Crippen molar-refractivity contribution >= 4 is 15.9 Å². The molecule has 0 bridgehead atoms. The molecular weight excluding hydrogens is 325 g/mol. The molecule has 1 atom stereocenters. The standard InChI is InChI=1S/C14H17BrFN3O/c1-3-7-19-14(11(20-2)8-18-19)13(17)9-5-4-6-10(15)12(9)16/h4-6,8,13H,3,7,17H2,1-2H3. The summed E-state index contributed by atoms with van der Waals surface area (Å²) >= 11 is 3.18. The van der Waals surface area contributed by atoms with Gasteiger partial charge in [-0.2, -0.15) is 5.10 Å². The van der Waals surface area contributed by atoms with Crippen LogP contribution in [0.1, 0.15) is 30.6 Å². The Balaban J connectivity index is 2.49. The summed E-state index contributed by atoms with van der Waals surface area (Å²) in [4.78, 5) is 0. The van der Waals surface area contributed by atoms with Gasteiger partial charge in [-0.3, -0.25) is 4.68 Å². The van der Waals surface area contributed by atoms with Crippen LogP contribution in [0.3, 0.4) is 0 Å². The van der Waals surface area contributed by atoms with Gasteiger partial charge in [0.05, 0.1) is 23.8 Å². The molecular formula is C14H17BrFN3O. The van der Waals surface area contributed by atoms with Crippen LogP contribution in [0.5, 0.6) is 5.75 Å². The first-order chi connectivity index (χ1) is 9.60. The van der Waals surface area contributed by atoms with E-state index >= 15 is 0 Å². The average molecular weight is 342 g/mol. The highest BCUT2D eigenvalue weighted by Gasteiger charge is 2.23. The molecule has 20 heavy (non-hydrogen) atoms. The van der Waals surface area contributed by atoms with Crippen LogP contribution in [0.15, 0.2) is 28.9 Å². The number of nitrogens with two attached hydrogens (primary N) is 1. The Morgan fingerprint density at radius 3 is 2.90 bits per heavy atom. The van der Waals surface area contributed by atoms with Gasteiger partial charge in [-0.25, -0.2) is 4.39 Å². The van der Waals surface area contributed by atoms with Crippen molar-refractivity contribution in [3.63, 3.8) is 0 Å². The van der Waals surface area contributed by atoms with Gasteiger partial charge in [0.2, 0.25) is 0 Å². The molecule has 2 N–H and O–H groups in total. The molecule has 1 aromatic heterocycles. The third kappa shape index (κ3) is 2.71. The molecule has 4 nitrogen and oxygen atoms in total. The van der Waals surface area contributed by atoms with Crippen LogP contribution in [0.4, 0.5) is 4.39 Å². The topological polar surface area (TPSA) is 53.1 Å². The van der Waals surface area contributed by atoms with E-state index in [9.17, 15) is 4.39 Å². The zero-order chi connectivity index (χ0) is 14.7. The number of aryl methyl sites for hydroxylation is 1. The van der Waals surface area contributed by atoms with Crippen molar-refractivity contribution in [3.8, 4) is 5.75 Å². The minimum atomic E-state index is -0.628. The Bertz CT molecular complexity index is 600. The maximum atomic E-state index is 14.2. The number of aromatic nitrogens is 2. The zero-order valence-electron chi connectivity index (χ0n) is 11.4. The van der Waals surface area contributed by atoms with Gasteiger partial charge in [-0.05, 0) is 28.4 Å². The van der Waals surface area contributed by atoms with Crippen molar-refractivity contribution in [2.24, 2.45) is 5.73 Å². The summed E-state index contributed by atoms with van der Waals surface area (Å²) in [6, 6.07) is 4.45. The Morgan fingerprint density at radius 2 is 2.25 bits per heavy atom. The van der Waals surface area contributed by atoms with E-state index in [1.54, 1.807) is 36.2 Å². The number of hydrogen-bond acceptors (Lipinski definition) is 3. The summed E-state index contributed by atoms with van der Waals surface area (Å²) in [5.74, 6) is 0.219. The average Bonchev–Trinajstić information content (AvgIpc) is 2.84. The first-order valence-corrected chi connectivity index (χ1v) is 7.18. The number of methoxy groups -OCH3 is 1. The van der Waals surface area contributed by atoms with Crippen LogP contribution >= 0.6 is 15.9 Å². The van der Waals surface area contributed by atoms with Gasteiger partial charge in [0.15, 0.2) is 5.75 Å². The molecule has 2 rings (SSSR count). The molecule has 0 spiro atoms. The lowest BCUT2D eigenvalue weighted by atomic mass is 10.0. The van der Waals surface area contributed by atoms with Gasteiger partial charge in [-0.15, -0.1) is 0 Å². The fourth-order valence-electron chi connectivity index (χ4n) is 2.15. The van der Waals surface area contributed by atoms with Crippen molar-refractivity contribution in [3.05, 3.63) is 45.9 Å². The normalized spacial score (nSPS) is 12.4. The number of halogens is 2. The summed E-state index contributed by atoms with van der Waals surface area (Å²) in [6.45, 7) is 2.76. The van der Waals surface area contributed by atoms with Gasteiger partial charge in [0.25, 0.3) is 0 Å². The van der Waals surface area contributed by atoms with Gasteiger partial charge in [0.1, 0.15) is 11.5 Å². The van der Waals surface area contributed by atoms with Crippen molar-refractivity contribution < 1.29 is 9.13 Å². The van der Waals surface area contributed by atoms with E-state index in [0.29, 0.717) is 28.0 Å². The third-order valence-corrected chi connectivity index (χ3v) is 3.72. The van der Waals surface area contributed by atoms with E-state index < -0.39 is 6.04 Å². The summed E-state index contributed by atoms with van der Waals surface area (Å²) < 4.78 is 21.6. The lowest BCUT2D eigenvalue weighted by Gasteiger charge is -2.17. The highest BCUT2D eigenvalue weighted by Crippen LogP contribution is 2.31. The number of ether oxygens (including phenoxy) is 1. The monoisotopic (exact) mass is 341 g/mol. The van der Waals surface area contributed by atoms with Gasteiger partial charge in [-0.1, -0.05) is 19.1 Å². The van der Waals surface area contributed by atoms with Gasteiger partial charge in [0, 0.05) is 12.1 Å². The SMILES string of the molecule is CCCn1ncc(OC)c1C(N)c1cccc(Br)c1F. The second-order valence-corrected chi connectivity index (χ2v) is 5.30. The fraction of sp³-hybridized carbons (Fsp3) is 0.357. The van der Waals surface area contributed by atoms with Crippen LogP contribution in [0.25, 0.3) is 0 Å². The molecule has 0 radical (unpaired) electrons. The molecule has 0 saturated heterocycles. The van der Waals surface area contributed by atoms with Crippen molar-refractivity contribution in [1.82, 2.24) is 9.78 Å². The van der Waals surface area contributed by atoms with E-state index in [4.69, 9.17) is 10.5 Å². The molecule has 0 amide bonds. The second-order valence-electron chi connectivity index (χ2n) is 4.44. The van der Waals surface area contributed by atoms with E-state index in [1.807, 2.05) is 6.92 Å². The third-order valence-electron chi connectivity index (χ3n) is 3.11. The van der Waals surface area contributed by atoms with Crippen LogP contribution in [0.2, 0.25) is 0 Å². The summed E-state index contributed by atoms with van der Waals surface area (Å²) in [5.41, 5.74) is 7.34. The molecule has 1 aromatic carbocycles. The molecule has 1 heterocycles. The maximum absolute atomic E-state index is 14.2. The number of rotatable bonds is 5. The van der Waals surface area contributed by atoms with Crippen LogP contribution in [-0.2, 0) is 6.54 Å². The molecule has 2 aromatic rings. The zero-order valence-corrected chi connectivity index (χ0v) is 13.0. The molecule has 0 aliphatic rings. The Morgan fingerprint density at radius 1 is 1.50 bits per heavy atom. The number of hydrogen-bond donors (Lipinski definition) is 1. The molecule has 108 valence electrons. The smallest absolute Gasteiger partial charge is 0.161 e. The fourth-order valence-corrected chi connectivity index (χ4v) is 2.53. The van der Waals surface area contributed by atoms with Gasteiger partial charge < -0.3 is 10.5 Å². The summed E-state index contributed by atoms with van der Waals surface area (Å²) in [7, 11) is 1.56. The van der Waals surface area contributed by atoms with E-state index in [-0.39, 0.29) is 5.82 Å². The van der Waals surface area contributed by atoms with Crippen LogP contribution in [-0.4, -0.2) is 16.9 Å². The lowest BCUT2D eigenvalue weighted by molar-refractivity contribution is 0.403. The Hall–Kier alpha value is -1.40. The largest absolute Gasteiger partial charge is 0.493 e. The van der Waals surface area contributed by atoms with Crippen LogP contribution < -0.4 is 10.5 Å². The summed E-state index contributed by atoms with van der Waals surface area (Å²) in [5, 5.41) is 4.25. The van der Waals surface area contributed by atoms with E-state index in [0.717, 1.165) is 6.42 Å². The molecule has 0 fully saturated rings. The molecule has 0 saturated carbocycles. The first-order valence-electron chi connectivity index (χ1n) is 6.39.